The van der Waals surface area contributed by atoms with Gasteiger partial charge in [-0.25, -0.2) is 8.78 Å². The highest BCUT2D eigenvalue weighted by atomic mass is 35.5. The number of hydrogen-bond acceptors (Lipinski definition) is 0. The molecule has 0 spiro atoms. The standard InChI is InChI=1S/C34H47ClF2/c1-2-3-4-5-6-25-7-9-26(10-8-25)11-12-27-13-17-29(18-14-27)31-21-20-30(33(36)24-31)19-15-28-16-22-32(35)34(37)23-28/h16,20-27,29H,2-15,17-19H2,1H3/t25-,26-,27?,29?. The summed E-state index contributed by atoms with van der Waals surface area (Å²) in [5.41, 5.74) is 2.72. The van der Waals surface area contributed by atoms with E-state index < -0.39 is 5.82 Å². The molecule has 0 radical (unpaired) electrons. The highest BCUT2D eigenvalue weighted by molar-refractivity contribution is 6.30. The monoisotopic (exact) mass is 528 g/mol. The smallest absolute Gasteiger partial charge is 0.142 e. The Morgan fingerprint density at radius 3 is 1.95 bits per heavy atom. The Bertz CT molecular complexity index is 954. The predicted octanol–water partition coefficient (Wildman–Crippen LogP) is 11.2. The second-order valence-electron chi connectivity index (χ2n) is 12.1. The quantitative estimate of drug-likeness (QED) is 0.240. The summed E-state index contributed by atoms with van der Waals surface area (Å²) in [6, 6.07) is 10.7. The molecule has 2 aliphatic rings. The number of hydrogen-bond donors (Lipinski definition) is 0. The van der Waals surface area contributed by atoms with Crippen molar-refractivity contribution in [3.63, 3.8) is 0 Å². The van der Waals surface area contributed by atoms with Crippen molar-refractivity contribution in [2.45, 2.75) is 122 Å². The van der Waals surface area contributed by atoms with Gasteiger partial charge in [-0.05, 0) is 97.1 Å². The van der Waals surface area contributed by atoms with Crippen molar-refractivity contribution in [2.75, 3.05) is 0 Å². The predicted molar refractivity (Wildman–Crippen MR) is 153 cm³/mol. The molecule has 2 aromatic rings. The van der Waals surface area contributed by atoms with Crippen LogP contribution in [0.5, 0.6) is 0 Å². The molecule has 0 amide bonds. The summed E-state index contributed by atoms with van der Waals surface area (Å²) in [5, 5.41) is 0.129. The van der Waals surface area contributed by atoms with E-state index in [1.54, 1.807) is 12.1 Å². The van der Waals surface area contributed by atoms with Gasteiger partial charge in [-0.15, -0.1) is 0 Å². The maximum atomic E-state index is 14.9. The van der Waals surface area contributed by atoms with Crippen LogP contribution in [0.4, 0.5) is 8.78 Å². The fraction of sp³-hybridized carbons (Fsp3) is 0.647. The van der Waals surface area contributed by atoms with E-state index in [0.29, 0.717) is 24.3 Å². The van der Waals surface area contributed by atoms with Crippen LogP contribution in [0.3, 0.4) is 0 Å². The van der Waals surface area contributed by atoms with E-state index in [4.69, 9.17) is 11.6 Å². The Labute approximate surface area is 229 Å². The van der Waals surface area contributed by atoms with Gasteiger partial charge in [0.2, 0.25) is 0 Å². The van der Waals surface area contributed by atoms with Crippen LogP contribution < -0.4 is 0 Å². The minimum atomic E-state index is -0.411. The molecule has 0 atom stereocenters. The first-order valence-corrected chi connectivity index (χ1v) is 15.6. The second-order valence-corrected chi connectivity index (χ2v) is 12.5. The molecule has 2 aliphatic carbocycles. The SMILES string of the molecule is CCCCCC[C@H]1CC[C@H](CCC2CCC(c3ccc(CCc4ccc(Cl)c(F)c4)c(F)c3)CC2)CC1. The first kappa shape index (κ1) is 28.6. The van der Waals surface area contributed by atoms with Crippen molar-refractivity contribution in [1.82, 2.24) is 0 Å². The highest BCUT2D eigenvalue weighted by Crippen LogP contribution is 2.40. The Hall–Kier alpha value is -1.41. The number of benzene rings is 2. The molecule has 3 heteroatoms. The second kappa shape index (κ2) is 14.7. The molecule has 0 aromatic heterocycles. The van der Waals surface area contributed by atoms with E-state index >= 15 is 0 Å². The minimum Gasteiger partial charge on any atom is -0.207 e. The van der Waals surface area contributed by atoms with Crippen LogP contribution in [0.25, 0.3) is 0 Å². The molecule has 0 nitrogen and oxygen atoms in total. The molecule has 0 N–H and O–H groups in total. The number of aryl methyl sites for hydroxylation is 2. The summed E-state index contributed by atoms with van der Waals surface area (Å²) in [7, 11) is 0. The zero-order valence-electron chi connectivity index (χ0n) is 22.9. The average Bonchev–Trinajstić information content (AvgIpc) is 2.92. The summed E-state index contributed by atoms with van der Waals surface area (Å²) in [4.78, 5) is 0. The van der Waals surface area contributed by atoms with Crippen LogP contribution in [0.15, 0.2) is 36.4 Å². The number of rotatable bonds is 12. The topological polar surface area (TPSA) is 0 Å². The molecule has 2 saturated carbocycles. The molecule has 37 heavy (non-hydrogen) atoms. The lowest BCUT2D eigenvalue weighted by atomic mass is 9.74. The van der Waals surface area contributed by atoms with E-state index in [0.717, 1.165) is 28.9 Å². The molecule has 4 rings (SSSR count). The molecule has 204 valence electrons. The molecular formula is C34H47ClF2. The zero-order chi connectivity index (χ0) is 26.0. The normalized spacial score (nSPS) is 24.3. The molecular weight excluding hydrogens is 482 g/mol. The third-order valence-electron chi connectivity index (χ3n) is 9.48. The molecule has 0 unspecified atom stereocenters. The van der Waals surface area contributed by atoms with Gasteiger partial charge in [0.15, 0.2) is 0 Å². The Morgan fingerprint density at radius 2 is 1.32 bits per heavy atom. The molecule has 2 fully saturated rings. The molecule has 0 saturated heterocycles. The van der Waals surface area contributed by atoms with Gasteiger partial charge in [0.25, 0.3) is 0 Å². The molecule has 0 heterocycles. The van der Waals surface area contributed by atoms with Crippen molar-refractivity contribution in [3.8, 4) is 0 Å². The van der Waals surface area contributed by atoms with Gasteiger partial charge in [-0.3, -0.25) is 0 Å². The van der Waals surface area contributed by atoms with Gasteiger partial charge in [-0.2, -0.15) is 0 Å². The Kier molecular flexibility index (Phi) is 11.3. The summed E-state index contributed by atoms with van der Waals surface area (Å²) in [5.74, 6) is 2.81. The third kappa shape index (κ3) is 8.81. The lowest BCUT2D eigenvalue weighted by Crippen LogP contribution is -2.18. The summed E-state index contributed by atoms with van der Waals surface area (Å²) in [6.07, 6.45) is 22.0. The summed E-state index contributed by atoms with van der Waals surface area (Å²) < 4.78 is 28.6. The molecule has 0 aliphatic heterocycles. The molecule has 0 bridgehead atoms. The van der Waals surface area contributed by atoms with Crippen LogP contribution in [0, 0.1) is 29.4 Å². The van der Waals surface area contributed by atoms with E-state index in [9.17, 15) is 8.78 Å². The van der Waals surface area contributed by atoms with Gasteiger partial charge in [-0.1, -0.05) is 107 Å². The fourth-order valence-electron chi connectivity index (χ4n) is 6.92. The maximum absolute atomic E-state index is 14.9. The number of halogens is 3. The van der Waals surface area contributed by atoms with Crippen molar-refractivity contribution in [2.24, 2.45) is 17.8 Å². The summed E-state index contributed by atoms with van der Waals surface area (Å²) in [6.45, 7) is 2.30. The Morgan fingerprint density at radius 1 is 0.676 bits per heavy atom. The van der Waals surface area contributed by atoms with E-state index in [-0.39, 0.29) is 10.8 Å². The zero-order valence-corrected chi connectivity index (χ0v) is 23.7. The minimum absolute atomic E-state index is 0.116. The fourth-order valence-corrected chi connectivity index (χ4v) is 7.04. The Balaban J connectivity index is 1.15. The van der Waals surface area contributed by atoms with Crippen molar-refractivity contribution in [3.05, 3.63) is 69.7 Å². The van der Waals surface area contributed by atoms with Crippen LogP contribution in [0.1, 0.15) is 126 Å². The van der Waals surface area contributed by atoms with Gasteiger partial charge in [0, 0.05) is 0 Å². The van der Waals surface area contributed by atoms with Gasteiger partial charge >= 0.3 is 0 Å². The van der Waals surface area contributed by atoms with Gasteiger partial charge in [0.1, 0.15) is 11.6 Å². The van der Waals surface area contributed by atoms with Gasteiger partial charge in [0.05, 0.1) is 5.02 Å². The first-order chi connectivity index (χ1) is 18.0. The van der Waals surface area contributed by atoms with Crippen molar-refractivity contribution >= 4 is 11.6 Å². The van der Waals surface area contributed by atoms with Gasteiger partial charge < -0.3 is 0 Å². The lowest BCUT2D eigenvalue weighted by molar-refractivity contribution is 0.222. The molecule has 2 aromatic carbocycles. The summed E-state index contributed by atoms with van der Waals surface area (Å²) >= 11 is 5.77. The number of unbranched alkanes of at least 4 members (excludes halogenated alkanes) is 3. The third-order valence-corrected chi connectivity index (χ3v) is 9.78. The van der Waals surface area contributed by atoms with E-state index in [1.165, 1.54) is 102 Å². The van der Waals surface area contributed by atoms with Crippen LogP contribution in [0.2, 0.25) is 5.02 Å². The van der Waals surface area contributed by atoms with Crippen LogP contribution >= 0.6 is 11.6 Å². The van der Waals surface area contributed by atoms with E-state index in [2.05, 4.69) is 13.0 Å². The average molecular weight is 529 g/mol. The van der Waals surface area contributed by atoms with Crippen molar-refractivity contribution in [1.29, 1.82) is 0 Å². The van der Waals surface area contributed by atoms with Crippen molar-refractivity contribution < 1.29 is 8.78 Å². The first-order valence-electron chi connectivity index (χ1n) is 15.2. The largest absolute Gasteiger partial charge is 0.207 e. The lowest BCUT2D eigenvalue weighted by Gasteiger charge is -2.32. The highest BCUT2D eigenvalue weighted by Gasteiger charge is 2.25. The maximum Gasteiger partial charge on any atom is 0.142 e. The van der Waals surface area contributed by atoms with Crippen LogP contribution in [-0.4, -0.2) is 0 Å². The van der Waals surface area contributed by atoms with E-state index in [1.807, 2.05) is 12.1 Å². The van der Waals surface area contributed by atoms with Crippen LogP contribution in [-0.2, 0) is 12.8 Å².